The number of imide groups is 2. The summed E-state index contributed by atoms with van der Waals surface area (Å²) in [6.45, 7) is 2.03. The summed E-state index contributed by atoms with van der Waals surface area (Å²) in [7, 11) is 0. The number of nitrogens with two attached hydrogens (primary N) is 1. The smallest absolute Gasteiger partial charge is 0.266 e. The summed E-state index contributed by atoms with van der Waals surface area (Å²) < 4.78 is 13.6. The molecule has 0 aromatic heterocycles. The molecule has 4 amide bonds. The molecule has 0 radical (unpaired) electrons. The van der Waals surface area contributed by atoms with E-state index in [0.717, 1.165) is 103 Å². The zero-order valence-corrected chi connectivity index (χ0v) is 34.7. The molecule has 0 atom stereocenters. The van der Waals surface area contributed by atoms with Crippen molar-refractivity contribution < 1.29 is 28.7 Å². The lowest BCUT2D eigenvalue weighted by molar-refractivity contribution is 0.0908. The molecular weight excluding hydrogens is 775 g/mol. The van der Waals surface area contributed by atoms with E-state index in [1.807, 2.05) is 85.8 Å². The first-order valence-electron chi connectivity index (χ1n) is 21.8. The number of anilines is 3. The fraction of sp³-hybridized carbons (Fsp3) is 0.245. The van der Waals surface area contributed by atoms with E-state index < -0.39 is 11.8 Å². The number of carbonyl (C=O) groups excluding carboxylic acids is 4. The lowest BCUT2D eigenvalue weighted by atomic mass is 9.97. The van der Waals surface area contributed by atoms with Gasteiger partial charge in [0, 0.05) is 17.3 Å². The van der Waals surface area contributed by atoms with Gasteiger partial charge in [-0.15, -0.1) is 0 Å². The van der Waals surface area contributed by atoms with Crippen molar-refractivity contribution in [3.05, 3.63) is 149 Å². The van der Waals surface area contributed by atoms with E-state index in [4.69, 9.17) is 15.2 Å². The molecule has 2 aliphatic heterocycles. The van der Waals surface area contributed by atoms with Crippen LogP contribution in [0.5, 0.6) is 11.5 Å². The molecule has 10 rings (SSSR count). The van der Waals surface area contributed by atoms with Crippen molar-refractivity contribution in [2.75, 3.05) is 15.5 Å². The SMILES string of the molecule is Cc1ccc(-c2ccc3c(c2)C(=O)N(c2ccc(-c4ccc(N5C(=O)c6ccc(-c7ccc(N)cc7)cc6C5=O)c(OC5CCCCC5)c4)c(OC4CCCCC4)c2)C3=O)cc1. The Hall–Kier alpha value is -7.00. The normalized spacial score (nSPS) is 16.8. The fourth-order valence-electron chi connectivity index (χ4n) is 9.39. The maximum Gasteiger partial charge on any atom is 0.266 e. The van der Waals surface area contributed by atoms with Gasteiger partial charge in [-0.25, -0.2) is 9.80 Å². The number of ether oxygens (including phenoxy) is 2. The van der Waals surface area contributed by atoms with Crippen LogP contribution in [0.25, 0.3) is 33.4 Å². The minimum Gasteiger partial charge on any atom is -0.490 e. The molecule has 9 nitrogen and oxygen atoms in total. The summed E-state index contributed by atoms with van der Waals surface area (Å²) in [4.78, 5) is 59.0. The number of nitrogens with zero attached hydrogens (tertiary/aromatic N) is 2. The molecule has 2 N–H and O–H groups in total. The largest absolute Gasteiger partial charge is 0.490 e. The molecule has 6 aromatic rings. The number of nitrogen functional groups attached to an aromatic ring is 1. The summed E-state index contributed by atoms with van der Waals surface area (Å²) in [6, 6.07) is 37.3. The van der Waals surface area contributed by atoms with Crippen LogP contribution in [-0.4, -0.2) is 35.8 Å². The number of hydrogen-bond acceptors (Lipinski definition) is 7. The first kappa shape index (κ1) is 39.2. The standard InChI is InChI=1S/C53H47N3O6/c1-32-12-14-33(15-13-32)35-18-24-43-45(28-35)52(59)55(50(43)57)39-23-26-42(48(31-39)61-40-8-4-2-5-9-40)37-20-27-47(49(30-37)62-41-10-6-3-7-11-41)56-51(58)44-25-19-36(29-46(44)53(56)60)34-16-21-38(54)22-17-34/h12-31,40-41H,2-11,54H2,1H3. The highest BCUT2D eigenvalue weighted by atomic mass is 16.5. The maximum atomic E-state index is 14.3. The quantitative estimate of drug-likeness (QED) is 0.114. The van der Waals surface area contributed by atoms with Gasteiger partial charge >= 0.3 is 0 Å². The van der Waals surface area contributed by atoms with Crippen LogP contribution in [0.3, 0.4) is 0 Å². The molecule has 4 aliphatic rings. The van der Waals surface area contributed by atoms with Crippen LogP contribution in [0.4, 0.5) is 17.1 Å². The van der Waals surface area contributed by atoms with Gasteiger partial charge in [0.1, 0.15) is 11.5 Å². The second-order valence-corrected chi connectivity index (χ2v) is 17.0. The molecule has 310 valence electrons. The molecule has 2 aliphatic carbocycles. The first-order chi connectivity index (χ1) is 30.2. The number of hydrogen-bond donors (Lipinski definition) is 1. The van der Waals surface area contributed by atoms with Crippen LogP contribution in [0.2, 0.25) is 0 Å². The summed E-state index contributed by atoms with van der Waals surface area (Å²) in [6.07, 6.45) is 9.88. The molecule has 0 spiro atoms. The van der Waals surface area contributed by atoms with E-state index in [-0.39, 0.29) is 24.0 Å². The number of rotatable bonds is 9. The van der Waals surface area contributed by atoms with Crippen molar-refractivity contribution in [3.63, 3.8) is 0 Å². The molecule has 0 saturated heterocycles. The number of carbonyl (C=O) groups is 4. The summed E-state index contributed by atoms with van der Waals surface area (Å²) in [5.74, 6) is -0.622. The van der Waals surface area contributed by atoms with Crippen LogP contribution < -0.4 is 25.0 Å². The number of amides is 4. The molecular formula is C53H47N3O6. The summed E-state index contributed by atoms with van der Waals surface area (Å²) >= 11 is 0. The number of benzene rings is 6. The lowest BCUT2D eigenvalue weighted by Crippen LogP contribution is -2.30. The van der Waals surface area contributed by atoms with Gasteiger partial charge < -0.3 is 15.2 Å². The zero-order chi connectivity index (χ0) is 42.5. The maximum absolute atomic E-state index is 14.3. The highest BCUT2D eigenvalue weighted by Crippen LogP contribution is 2.44. The van der Waals surface area contributed by atoms with E-state index in [1.54, 1.807) is 42.5 Å². The minimum absolute atomic E-state index is 0.0364. The predicted octanol–water partition coefficient (Wildman–Crippen LogP) is 11.6. The van der Waals surface area contributed by atoms with Gasteiger partial charge in [-0.1, -0.05) is 73.0 Å². The molecule has 2 heterocycles. The van der Waals surface area contributed by atoms with E-state index in [9.17, 15) is 19.2 Å². The predicted molar refractivity (Wildman–Crippen MR) is 242 cm³/mol. The monoisotopic (exact) mass is 821 g/mol. The Balaban J connectivity index is 1.02. The Labute approximate surface area is 361 Å². The van der Waals surface area contributed by atoms with Crippen molar-refractivity contribution >= 4 is 40.7 Å². The topological polar surface area (TPSA) is 119 Å². The summed E-state index contributed by atoms with van der Waals surface area (Å²) in [5, 5.41) is 0. The van der Waals surface area contributed by atoms with Crippen LogP contribution in [0.1, 0.15) is 111 Å². The molecule has 2 saturated carbocycles. The molecule has 2 fully saturated rings. The van der Waals surface area contributed by atoms with Crippen LogP contribution in [0.15, 0.2) is 121 Å². The Kier molecular flexibility index (Phi) is 10.2. The van der Waals surface area contributed by atoms with Gasteiger partial charge in [-0.3, -0.25) is 19.2 Å². The molecule has 0 bridgehead atoms. The summed E-state index contributed by atoms with van der Waals surface area (Å²) in [5.41, 5.74) is 14.9. The fourth-order valence-corrected chi connectivity index (χ4v) is 9.39. The third kappa shape index (κ3) is 7.21. The van der Waals surface area contributed by atoms with E-state index in [2.05, 4.69) is 0 Å². The third-order valence-corrected chi connectivity index (χ3v) is 12.8. The Morgan fingerprint density at radius 3 is 1.50 bits per heavy atom. The molecule has 6 aromatic carbocycles. The van der Waals surface area contributed by atoms with Gasteiger partial charge in [0.2, 0.25) is 0 Å². The zero-order valence-electron chi connectivity index (χ0n) is 34.7. The Morgan fingerprint density at radius 1 is 0.435 bits per heavy atom. The van der Waals surface area contributed by atoms with Crippen molar-refractivity contribution in [1.82, 2.24) is 0 Å². The van der Waals surface area contributed by atoms with E-state index in [0.29, 0.717) is 50.8 Å². The average molecular weight is 822 g/mol. The van der Waals surface area contributed by atoms with Gasteiger partial charge in [0.05, 0.1) is 45.8 Å². The van der Waals surface area contributed by atoms with Crippen molar-refractivity contribution in [2.24, 2.45) is 0 Å². The molecule has 0 unspecified atom stereocenters. The second kappa shape index (κ2) is 16.1. The van der Waals surface area contributed by atoms with Gasteiger partial charge in [-0.05, 0) is 147 Å². The Morgan fingerprint density at radius 2 is 0.903 bits per heavy atom. The van der Waals surface area contributed by atoms with Gasteiger partial charge in [0.25, 0.3) is 23.6 Å². The van der Waals surface area contributed by atoms with Crippen LogP contribution in [-0.2, 0) is 0 Å². The highest BCUT2D eigenvalue weighted by Gasteiger charge is 2.40. The third-order valence-electron chi connectivity index (χ3n) is 12.8. The van der Waals surface area contributed by atoms with E-state index in [1.165, 1.54) is 9.80 Å². The van der Waals surface area contributed by atoms with Crippen LogP contribution >= 0.6 is 0 Å². The van der Waals surface area contributed by atoms with Crippen molar-refractivity contribution in [1.29, 1.82) is 0 Å². The minimum atomic E-state index is -0.416. The van der Waals surface area contributed by atoms with Gasteiger partial charge in [0.15, 0.2) is 0 Å². The number of aryl methyl sites for hydroxylation is 1. The average Bonchev–Trinajstić information content (AvgIpc) is 3.70. The second-order valence-electron chi connectivity index (χ2n) is 17.0. The van der Waals surface area contributed by atoms with Crippen molar-refractivity contribution in [2.45, 2.75) is 83.3 Å². The Bertz CT molecular complexity index is 2760. The highest BCUT2D eigenvalue weighted by molar-refractivity contribution is 6.36. The van der Waals surface area contributed by atoms with Gasteiger partial charge in [-0.2, -0.15) is 0 Å². The molecule has 62 heavy (non-hydrogen) atoms. The van der Waals surface area contributed by atoms with Crippen LogP contribution in [0, 0.1) is 6.92 Å². The van der Waals surface area contributed by atoms with Crippen molar-refractivity contribution in [3.8, 4) is 44.9 Å². The number of fused-ring (bicyclic) bond motifs is 2. The lowest BCUT2D eigenvalue weighted by Gasteiger charge is -2.27. The first-order valence-corrected chi connectivity index (χ1v) is 21.8. The molecule has 9 heteroatoms. The van der Waals surface area contributed by atoms with E-state index >= 15 is 0 Å².